The van der Waals surface area contributed by atoms with Crippen LogP contribution in [0.4, 0.5) is 0 Å². The Morgan fingerprint density at radius 3 is 2.95 bits per heavy atom. The van der Waals surface area contributed by atoms with Gasteiger partial charge in [-0.2, -0.15) is 0 Å². The monoisotopic (exact) mass is 302 g/mol. The quantitative estimate of drug-likeness (QED) is 0.922. The lowest BCUT2D eigenvalue weighted by molar-refractivity contribution is 0.0946. The number of carbonyl (C=O) groups is 1. The normalized spacial score (nSPS) is 14.0. The summed E-state index contributed by atoms with van der Waals surface area (Å²) < 4.78 is 5.78. The maximum Gasteiger partial charge on any atom is 0.270 e. The largest absolute Gasteiger partial charge is 0.486 e. The Bertz CT molecular complexity index is 662. The van der Waals surface area contributed by atoms with Gasteiger partial charge in [0.2, 0.25) is 0 Å². The highest BCUT2D eigenvalue weighted by molar-refractivity contribution is 7.09. The first kappa shape index (κ1) is 14.1. The van der Waals surface area contributed by atoms with Crippen LogP contribution in [0.2, 0.25) is 0 Å². The summed E-state index contributed by atoms with van der Waals surface area (Å²) in [6, 6.07) is 6.44. The highest BCUT2D eigenvalue weighted by Crippen LogP contribution is 2.22. The average Bonchev–Trinajstić information content (AvgIpc) is 3.13. The third-order valence-electron chi connectivity index (χ3n) is 3.38. The summed E-state index contributed by atoms with van der Waals surface area (Å²) in [6.45, 7) is 4.48. The van der Waals surface area contributed by atoms with Crippen molar-refractivity contribution in [3.8, 4) is 5.75 Å². The second-order valence-corrected chi connectivity index (χ2v) is 6.37. The van der Waals surface area contributed by atoms with Gasteiger partial charge in [0.05, 0.1) is 0 Å². The van der Waals surface area contributed by atoms with Gasteiger partial charge in [-0.05, 0) is 38.3 Å². The number of aryl methyl sites for hydroxylation is 2. The van der Waals surface area contributed by atoms with E-state index in [9.17, 15) is 4.79 Å². The molecule has 3 rings (SSSR count). The molecule has 0 radical (unpaired) electrons. The van der Waals surface area contributed by atoms with E-state index in [4.69, 9.17) is 4.74 Å². The fourth-order valence-corrected chi connectivity index (χ4v) is 2.75. The number of nitrogens with one attached hydrogen (secondary N) is 1. The maximum absolute atomic E-state index is 11.9. The van der Waals surface area contributed by atoms with Crippen molar-refractivity contribution in [3.63, 3.8) is 0 Å². The Labute approximate surface area is 128 Å². The number of benzene rings is 1. The molecule has 1 aromatic carbocycles. The van der Waals surface area contributed by atoms with Crippen LogP contribution in [0.25, 0.3) is 0 Å². The van der Waals surface area contributed by atoms with E-state index in [1.807, 2.05) is 19.1 Å². The molecule has 4 nitrogen and oxygen atoms in total. The van der Waals surface area contributed by atoms with Crippen molar-refractivity contribution >= 4 is 17.2 Å². The number of hydrogen-bond donors (Lipinski definition) is 1. The van der Waals surface area contributed by atoms with Gasteiger partial charge in [0.15, 0.2) is 0 Å². The summed E-state index contributed by atoms with van der Waals surface area (Å²) in [7, 11) is 0. The van der Waals surface area contributed by atoms with Crippen molar-refractivity contribution in [2.75, 3.05) is 0 Å². The van der Waals surface area contributed by atoms with E-state index in [1.165, 1.54) is 16.9 Å². The topological polar surface area (TPSA) is 51.2 Å². The number of thiazole rings is 1. The lowest BCUT2D eigenvalue weighted by Crippen LogP contribution is -2.25. The lowest BCUT2D eigenvalue weighted by atomic mass is 10.1. The summed E-state index contributed by atoms with van der Waals surface area (Å²) in [5.74, 6) is 0.784. The van der Waals surface area contributed by atoms with Crippen LogP contribution in [0.3, 0.4) is 0 Å². The van der Waals surface area contributed by atoms with E-state index in [0.717, 1.165) is 29.2 Å². The highest BCUT2D eigenvalue weighted by atomic mass is 32.1. The molecule has 0 saturated heterocycles. The molecule has 0 unspecified atom stereocenters. The molecule has 21 heavy (non-hydrogen) atoms. The lowest BCUT2D eigenvalue weighted by Gasteiger charge is -2.08. The van der Waals surface area contributed by atoms with E-state index < -0.39 is 0 Å². The van der Waals surface area contributed by atoms with Crippen molar-refractivity contribution in [1.29, 1.82) is 0 Å². The van der Waals surface area contributed by atoms with Crippen LogP contribution in [0.1, 0.15) is 39.5 Å². The first-order valence-corrected chi connectivity index (χ1v) is 7.95. The number of rotatable bonds is 5. The van der Waals surface area contributed by atoms with E-state index in [1.54, 1.807) is 5.38 Å². The molecular weight excluding hydrogens is 284 g/mol. The zero-order valence-corrected chi connectivity index (χ0v) is 13.0. The number of ether oxygens (including phenoxy) is 1. The Balaban J connectivity index is 1.60. The number of hydrogen-bond acceptors (Lipinski definition) is 4. The van der Waals surface area contributed by atoms with Gasteiger partial charge in [-0.25, -0.2) is 4.98 Å². The molecule has 0 spiro atoms. The molecule has 1 N–H and O–H groups in total. The number of amides is 1. The fourth-order valence-electron chi connectivity index (χ4n) is 2.07. The predicted molar refractivity (Wildman–Crippen MR) is 82.9 cm³/mol. The van der Waals surface area contributed by atoms with Gasteiger partial charge in [0.25, 0.3) is 5.91 Å². The summed E-state index contributed by atoms with van der Waals surface area (Å²) in [5, 5.41) is 5.54. The molecule has 1 aliphatic carbocycles. The minimum atomic E-state index is -0.0773. The Morgan fingerprint density at radius 2 is 2.24 bits per heavy atom. The fraction of sp³-hybridized carbons (Fsp3) is 0.375. The molecule has 0 atom stereocenters. The molecule has 110 valence electrons. The molecule has 2 aromatic rings. The van der Waals surface area contributed by atoms with Crippen molar-refractivity contribution in [2.24, 2.45) is 0 Å². The molecule has 0 bridgehead atoms. The standard InChI is InChI=1S/C16H18N2O2S/c1-10-3-6-14(11(2)7-10)20-8-15-18-13(9-21-15)16(19)17-12-4-5-12/h3,6-7,9,12H,4-5,8H2,1-2H3,(H,17,19). The van der Waals surface area contributed by atoms with E-state index in [2.05, 4.69) is 23.3 Å². The second kappa shape index (κ2) is 5.85. The molecule has 1 saturated carbocycles. The second-order valence-electron chi connectivity index (χ2n) is 5.43. The van der Waals surface area contributed by atoms with Crippen LogP contribution in [-0.2, 0) is 6.61 Å². The number of carbonyl (C=O) groups excluding carboxylic acids is 1. The number of nitrogens with zero attached hydrogens (tertiary/aromatic N) is 1. The van der Waals surface area contributed by atoms with Crippen LogP contribution < -0.4 is 10.1 Å². The Kier molecular flexibility index (Phi) is 3.92. The van der Waals surface area contributed by atoms with Crippen LogP contribution in [0.5, 0.6) is 5.75 Å². The highest BCUT2D eigenvalue weighted by Gasteiger charge is 2.24. The summed E-state index contributed by atoms with van der Waals surface area (Å²) in [6.07, 6.45) is 2.16. The van der Waals surface area contributed by atoms with Gasteiger partial charge in [-0.15, -0.1) is 11.3 Å². The van der Waals surface area contributed by atoms with Gasteiger partial charge in [0.1, 0.15) is 23.1 Å². The molecule has 1 aliphatic rings. The van der Waals surface area contributed by atoms with Gasteiger partial charge >= 0.3 is 0 Å². The van der Waals surface area contributed by atoms with Crippen LogP contribution >= 0.6 is 11.3 Å². The first-order chi connectivity index (χ1) is 10.1. The summed E-state index contributed by atoms with van der Waals surface area (Å²) in [4.78, 5) is 16.2. The molecule has 1 aromatic heterocycles. The molecular formula is C16H18N2O2S. The first-order valence-electron chi connectivity index (χ1n) is 7.07. The van der Waals surface area contributed by atoms with Gasteiger partial charge in [-0.3, -0.25) is 4.79 Å². The minimum absolute atomic E-state index is 0.0773. The Hall–Kier alpha value is -1.88. The third-order valence-corrected chi connectivity index (χ3v) is 4.20. The van der Waals surface area contributed by atoms with Crippen molar-refractivity contribution in [3.05, 3.63) is 45.4 Å². The van der Waals surface area contributed by atoms with Crippen LogP contribution in [0.15, 0.2) is 23.6 Å². The molecule has 0 aliphatic heterocycles. The maximum atomic E-state index is 11.9. The van der Waals surface area contributed by atoms with Gasteiger partial charge in [0, 0.05) is 11.4 Å². The molecule has 1 heterocycles. The molecule has 1 fully saturated rings. The predicted octanol–water partition coefficient (Wildman–Crippen LogP) is 3.23. The smallest absolute Gasteiger partial charge is 0.270 e. The van der Waals surface area contributed by atoms with Crippen LogP contribution in [-0.4, -0.2) is 16.9 Å². The summed E-state index contributed by atoms with van der Waals surface area (Å²) in [5.41, 5.74) is 2.82. The third kappa shape index (κ3) is 3.61. The molecule has 5 heteroatoms. The van der Waals surface area contributed by atoms with E-state index in [0.29, 0.717) is 18.3 Å². The number of aromatic nitrogens is 1. The zero-order valence-electron chi connectivity index (χ0n) is 12.2. The van der Waals surface area contributed by atoms with Gasteiger partial charge in [-0.1, -0.05) is 17.7 Å². The van der Waals surface area contributed by atoms with E-state index >= 15 is 0 Å². The average molecular weight is 302 g/mol. The minimum Gasteiger partial charge on any atom is -0.486 e. The van der Waals surface area contributed by atoms with Crippen molar-refractivity contribution < 1.29 is 9.53 Å². The van der Waals surface area contributed by atoms with Gasteiger partial charge < -0.3 is 10.1 Å². The van der Waals surface area contributed by atoms with Crippen LogP contribution in [0, 0.1) is 13.8 Å². The zero-order chi connectivity index (χ0) is 14.8. The van der Waals surface area contributed by atoms with E-state index in [-0.39, 0.29) is 5.91 Å². The van der Waals surface area contributed by atoms with Crippen molar-refractivity contribution in [1.82, 2.24) is 10.3 Å². The molecule has 1 amide bonds. The SMILES string of the molecule is Cc1ccc(OCc2nc(C(=O)NC3CC3)cs2)c(C)c1. The Morgan fingerprint density at radius 1 is 1.43 bits per heavy atom. The summed E-state index contributed by atoms with van der Waals surface area (Å²) >= 11 is 1.46. The van der Waals surface area contributed by atoms with Crippen molar-refractivity contribution in [2.45, 2.75) is 39.3 Å².